The first-order chi connectivity index (χ1) is 11.6. The molecule has 5 nitrogen and oxygen atoms in total. The van der Waals surface area contributed by atoms with Crippen molar-refractivity contribution in [3.63, 3.8) is 0 Å². The number of nitrogens with zero attached hydrogens (tertiary/aromatic N) is 4. The zero-order valence-electron chi connectivity index (χ0n) is 13.7. The van der Waals surface area contributed by atoms with Gasteiger partial charge in [-0.1, -0.05) is 18.2 Å². The second-order valence-electron chi connectivity index (χ2n) is 5.96. The maximum Gasteiger partial charge on any atom is 0.264 e. The number of hydrogen-bond donors (Lipinski definition) is 0. The number of benzene rings is 1. The minimum atomic E-state index is 0.154. The Hall–Kier alpha value is -1.99. The molecule has 1 fully saturated rings. The van der Waals surface area contributed by atoms with E-state index < -0.39 is 0 Å². The highest BCUT2D eigenvalue weighted by Crippen LogP contribution is 2.31. The number of piperazine rings is 1. The third-order valence-corrected chi connectivity index (χ3v) is 6.52. The molecular formula is C17H18N4OS2. The Bertz CT molecular complexity index is 893. The van der Waals surface area contributed by atoms with Gasteiger partial charge in [0.2, 0.25) is 5.13 Å². The van der Waals surface area contributed by atoms with Gasteiger partial charge in [0, 0.05) is 42.4 Å². The number of rotatable bonds is 2. The molecule has 0 aliphatic carbocycles. The molecule has 1 amide bonds. The second-order valence-corrected chi connectivity index (χ2v) is 7.74. The van der Waals surface area contributed by atoms with Gasteiger partial charge in [-0.05, 0) is 30.9 Å². The number of hydrogen-bond acceptors (Lipinski definition) is 6. The predicted octanol–water partition coefficient (Wildman–Crippen LogP) is 3.33. The summed E-state index contributed by atoms with van der Waals surface area (Å²) < 4.78 is 5.42. The van der Waals surface area contributed by atoms with Gasteiger partial charge in [-0.3, -0.25) is 4.79 Å². The molecule has 1 aliphatic rings. The first-order valence-electron chi connectivity index (χ1n) is 7.96. The molecule has 7 heteroatoms. The summed E-state index contributed by atoms with van der Waals surface area (Å²) in [5, 5.41) is 2.14. The average Bonchev–Trinajstić information content (AvgIpc) is 3.19. The summed E-state index contributed by atoms with van der Waals surface area (Å²) in [7, 11) is 0. The largest absolute Gasteiger partial charge is 0.343 e. The van der Waals surface area contributed by atoms with Gasteiger partial charge in [0.05, 0.1) is 4.88 Å². The SMILES string of the molecule is Cc1nsc(N2CCN(C(=O)c3sc4ccccc4c3C)CC2)n1. The van der Waals surface area contributed by atoms with E-state index in [0.717, 1.165) is 47.6 Å². The number of anilines is 1. The summed E-state index contributed by atoms with van der Waals surface area (Å²) in [6, 6.07) is 8.22. The van der Waals surface area contributed by atoms with E-state index in [4.69, 9.17) is 0 Å². The van der Waals surface area contributed by atoms with E-state index in [-0.39, 0.29) is 5.91 Å². The van der Waals surface area contributed by atoms with Gasteiger partial charge in [-0.15, -0.1) is 11.3 Å². The molecule has 2 aromatic heterocycles. The Balaban J connectivity index is 1.50. The van der Waals surface area contributed by atoms with Crippen molar-refractivity contribution in [2.75, 3.05) is 31.1 Å². The van der Waals surface area contributed by atoms with Crippen molar-refractivity contribution < 1.29 is 4.79 Å². The van der Waals surface area contributed by atoms with Crippen molar-refractivity contribution in [2.45, 2.75) is 13.8 Å². The van der Waals surface area contributed by atoms with Crippen LogP contribution >= 0.6 is 22.9 Å². The van der Waals surface area contributed by atoms with Crippen LogP contribution in [0.25, 0.3) is 10.1 Å². The minimum Gasteiger partial charge on any atom is -0.343 e. The lowest BCUT2D eigenvalue weighted by Crippen LogP contribution is -2.48. The van der Waals surface area contributed by atoms with E-state index in [1.54, 1.807) is 11.3 Å². The van der Waals surface area contributed by atoms with Gasteiger partial charge < -0.3 is 9.80 Å². The molecule has 0 unspecified atom stereocenters. The number of thiophene rings is 1. The highest BCUT2D eigenvalue weighted by atomic mass is 32.1. The van der Waals surface area contributed by atoms with Crippen LogP contribution in [-0.2, 0) is 0 Å². The quantitative estimate of drug-likeness (QED) is 0.705. The molecule has 1 aliphatic heterocycles. The minimum absolute atomic E-state index is 0.154. The number of amides is 1. The third-order valence-electron chi connectivity index (χ3n) is 4.39. The Morgan fingerprint density at radius 2 is 1.88 bits per heavy atom. The Labute approximate surface area is 148 Å². The van der Waals surface area contributed by atoms with Crippen LogP contribution in [0.2, 0.25) is 0 Å². The first-order valence-corrected chi connectivity index (χ1v) is 9.55. The lowest BCUT2D eigenvalue weighted by atomic mass is 10.1. The van der Waals surface area contributed by atoms with Crippen molar-refractivity contribution in [3.05, 3.63) is 40.5 Å². The molecular weight excluding hydrogens is 340 g/mol. The van der Waals surface area contributed by atoms with E-state index in [1.165, 1.54) is 21.6 Å². The van der Waals surface area contributed by atoms with Crippen molar-refractivity contribution in [1.82, 2.24) is 14.3 Å². The molecule has 3 aromatic rings. The molecule has 0 bridgehead atoms. The second kappa shape index (κ2) is 6.14. The summed E-state index contributed by atoms with van der Waals surface area (Å²) in [6.07, 6.45) is 0. The van der Waals surface area contributed by atoms with Gasteiger partial charge in [0.25, 0.3) is 5.91 Å². The fraction of sp³-hybridized carbons (Fsp3) is 0.353. The highest BCUT2D eigenvalue weighted by Gasteiger charge is 2.26. The zero-order chi connectivity index (χ0) is 16.7. The maximum absolute atomic E-state index is 12.9. The molecule has 4 rings (SSSR count). The number of aromatic nitrogens is 2. The number of fused-ring (bicyclic) bond motifs is 1. The predicted molar refractivity (Wildman–Crippen MR) is 99.3 cm³/mol. The fourth-order valence-corrected chi connectivity index (χ4v) is 4.94. The normalized spacial score (nSPS) is 15.2. The zero-order valence-corrected chi connectivity index (χ0v) is 15.3. The standard InChI is InChI=1S/C17H18N4OS2/c1-11-13-5-3-4-6-14(13)23-15(11)16(22)20-7-9-21(10-8-20)17-18-12(2)19-24-17/h3-6H,7-10H2,1-2H3. The van der Waals surface area contributed by atoms with Crippen LogP contribution in [0.4, 0.5) is 5.13 Å². The van der Waals surface area contributed by atoms with E-state index >= 15 is 0 Å². The average molecular weight is 358 g/mol. The van der Waals surface area contributed by atoms with Crippen molar-refractivity contribution in [1.29, 1.82) is 0 Å². The molecule has 124 valence electrons. The molecule has 3 heterocycles. The van der Waals surface area contributed by atoms with Crippen LogP contribution in [-0.4, -0.2) is 46.3 Å². The lowest BCUT2D eigenvalue weighted by molar-refractivity contribution is 0.0751. The lowest BCUT2D eigenvalue weighted by Gasteiger charge is -2.34. The van der Waals surface area contributed by atoms with E-state index in [9.17, 15) is 4.79 Å². The number of carbonyl (C=O) groups is 1. The smallest absolute Gasteiger partial charge is 0.264 e. The Morgan fingerprint density at radius 3 is 2.54 bits per heavy atom. The monoisotopic (exact) mass is 358 g/mol. The van der Waals surface area contributed by atoms with E-state index in [1.807, 2.05) is 30.9 Å². The van der Waals surface area contributed by atoms with E-state index in [2.05, 4.69) is 26.4 Å². The van der Waals surface area contributed by atoms with Crippen LogP contribution in [0.3, 0.4) is 0 Å². The van der Waals surface area contributed by atoms with Crippen LogP contribution in [0, 0.1) is 13.8 Å². The van der Waals surface area contributed by atoms with Gasteiger partial charge >= 0.3 is 0 Å². The summed E-state index contributed by atoms with van der Waals surface area (Å²) in [4.78, 5) is 22.4. The van der Waals surface area contributed by atoms with Gasteiger partial charge in [0.15, 0.2) is 0 Å². The number of carbonyl (C=O) groups excluding carboxylic acids is 1. The summed E-state index contributed by atoms with van der Waals surface area (Å²) in [6.45, 7) is 7.03. The third kappa shape index (κ3) is 2.67. The molecule has 0 N–H and O–H groups in total. The van der Waals surface area contributed by atoms with Crippen LogP contribution in [0.5, 0.6) is 0 Å². The van der Waals surface area contributed by atoms with Gasteiger partial charge in [-0.25, -0.2) is 4.98 Å². The molecule has 0 atom stereocenters. The van der Waals surface area contributed by atoms with Crippen LogP contribution in [0.1, 0.15) is 21.1 Å². The fourth-order valence-electron chi connectivity index (χ4n) is 3.04. The van der Waals surface area contributed by atoms with E-state index in [0.29, 0.717) is 0 Å². The van der Waals surface area contributed by atoms with Gasteiger partial charge in [0.1, 0.15) is 5.82 Å². The highest BCUT2D eigenvalue weighted by molar-refractivity contribution is 7.21. The summed E-state index contributed by atoms with van der Waals surface area (Å²) in [5.41, 5.74) is 1.10. The Kier molecular flexibility index (Phi) is 3.97. The van der Waals surface area contributed by atoms with Crippen LogP contribution < -0.4 is 4.90 Å². The molecule has 0 radical (unpaired) electrons. The van der Waals surface area contributed by atoms with Crippen molar-refractivity contribution in [2.24, 2.45) is 0 Å². The maximum atomic E-state index is 12.9. The number of aryl methyl sites for hydroxylation is 2. The molecule has 0 saturated carbocycles. The van der Waals surface area contributed by atoms with Crippen LogP contribution in [0.15, 0.2) is 24.3 Å². The van der Waals surface area contributed by atoms with Gasteiger partial charge in [-0.2, -0.15) is 4.37 Å². The molecule has 1 aromatic carbocycles. The summed E-state index contributed by atoms with van der Waals surface area (Å²) >= 11 is 3.03. The first kappa shape index (κ1) is 15.5. The Morgan fingerprint density at radius 1 is 1.12 bits per heavy atom. The van der Waals surface area contributed by atoms with Crippen molar-refractivity contribution in [3.8, 4) is 0 Å². The molecule has 1 saturated heterocycles. The molecule has 24 heavy (non-hydrogen) atoms. The molecule has 0 spiro atoms. The topological polar surface area (TPSA) is 49.3 Å². The summed E-state index contributed by atoms with van der Waals surface area (Å²) in [5.74, 6) is 0.969. The van der Waals surface area contributed by atoms with Crippen molar-refractivity contribution >= 4 is 44.0 Å².